The van der Waals surface area contributed by atoms with Gasteiger partial charge >= 0.3 is 0 Å². The van der Waals surface area contributed by atoms with E-state index >= 15 is 0 Å². The summed E-state index contributed by atoms with van der Waals surface area (Å²) in [5.74, 6) is -1.88. The molecule has 3 heterocycles. The number of amides is 2. The van der Waals surface area contributed by atoms with Crippen LogP contribution in [0.2, 0.25) is 0 Å². The fraction of sp³-hybridized carbons (Fsp3) is 0.360. The summed E-state index contributed by atoms with van der Waals surface area (Å²) < 4.78 is 18.7. The third kappa shape index (κ3) is 4.61. The highest BCUT2D eigenvalue weighted by molar-refractivity contribution is 6.44. The molecular weight excluding hydrogens is 453 g/mol. The number of ether oxygens (including phenoxy) is 1. The van der Waals surface area contributed by atoms with Crippen molar-refractivity contribution >= 4 is 28.6 Å². The molecule has 0 bridgehead atoms. The van der Waals surface area contributed by atoms with E-state index in [0.717, 1.165) is 5.56 Å². The van der Waals surface area contributed by atoms with Gasteiger partial charge in [0.2, 0.25) is 5.88 Å². The number of carbonyl (C=O) groups is 3. The Labute approximate surface area is 202 Å². The third-order valence-corrected chi connectivity index (χ3v) is 6.55. The van der Waals surface area contributed by atoms with Gasteiger partial charge in [0, 0.05) is 50.3 Å². The van der Waals surface area contributed by atoms with Crippen LogP contribution in [-0.2, 0) is 4.79 Å². The average molecular weight is 482 g/mol. The summed E-state index contributed by atoms with van der Waals surface area (Å²) in [6.45, 7) is 5.78. The zero-order chi connectivity index (χ0) is 25.3. The van der Waals surface area contributed by atoms with Gasteiger partial charge in [-0.15, -0.1) is 0 Å². The summed E-state index contributed by atoms with van der Waals surface area (Å²) in [6.07, 6.45) is 1.40. The van der Waals surface area contributed by atoms with E-state index in [4.69, 9.17) is 4.74 Å². The quantitative estimate of drug-likeness (QED) is 0.414. The number of fused-ring (bicyclic) bond motifs is 1. The van der Waals surface area contributed by atoms with E-state index < -0.39 is 11.7 Å². The number of methoxy groups -OCH3 is 1. The molecule has 35 heavy (non-hydrogen) atoms. The topological polar surface area (TPSA) is 108 Å². The van der Waals surface area contributed by atoms with E-state index in [-0.39, 0.29) is 40.8 Å². The maximum absolute atomic E-state index is 13.6. The Morgan fingerprint density at radius 3 is 2.54 bits per heavy atom. The molecule has 1 unspecified atom stereocenters. The molecule has 1 aliphatic heterocycles. The molecule has 1 fully saturated rings. The Bertz CT molecular complexity index is 1270. The molecule has 2 N–H and O–H groups in total. The highest BCUT2D eigenvalue weighted by atomic mass is 19.1. The molecular formula is C25H28FN5O4. The number of aromatic amines is 1. The molecule has 4 rings (SSSR count). The van der Waals surface area contributed by atoms with Crippen molar-refractivity contribution in [3.63, 3.8) is 0 Å². The van der Waals surface area contributed by atoms with Crippen LogP contribution in [0.4, 0.5) is 4.39 Å². The van der Waals surface area contributed by atoms with Crippen molar-refractivity contribution < 1.29 is 23.5 Å². The number of pyridine rings is 1. The second-order valence-corrected chi connectivity index (χ2v) is 8.62. The Morgan fingerprint density at radius 1 is 1.20 bits per heavy atom. The van der Waals surface area contributed by atoms with Gasteiger partial charge in [-0.05, 0) is 37.6 Å². The first-order valence-corrected chi connectivity index (χ1v) is 11.4. The lowest BCUT2D eigenvalue weighted by molar-refractivity contribution is -0.116. The zero-order valence-electron chi connectivity index (χ0n) is 20.1. The van der Waals surface area contributed by atoms with Crippen LogP contribution in [0.3, 0.4) is 0 Å². The molecule has 1 saturated heterocycles. The van der Waals surface area contributed by atoms with E-state index in [1.807, 2.05) is 6.92 Å². The van der Waals surface area contributed by atoms with Crippen LogP contribution >= 0.6 is 0 Å². The van der Waals surface area contributed by atoms with E-state index in [1.165, 1.54) is 32.5 Å². The normalized spacial score (nSPS) is 17.3. The first kappa shape index (κ1) is 24.3. The number of nitrogens with one attached hydrogen (secondary N) is 2. The number of aromatic nitrogens is 2. The number of carbonyl (C=O) groups excluding carboxylic acids is 3. The summed E-state index contributed by atoms with van der Waals surface area (Å²) in [5, 5.41) is 2.69. The highest BCUT2D eigenvalue weighted by Gasteiger charge is 2.33. The number of likely N-dealkylation sites (N-methyl/N-ethyl adjacent to an activating group) is 1. The number of rotatable bonds is 6. The number of H-pyrrole nitrogens is 1. The van der Waals surface area contributed by atoms with Gasteiger partial charge in [-0.25, -0.2) is 4.39 Å². The van der Waals surface area contributed by atoms with Crippen molar-refractivity contribution in [2.75, 3.05) is 33.8 Å². The van der Waals surface area contributed by atoms with Gasteiger partial charge < -0.3 is 19.9 Å². The number of hydrogen-bond donors (Lipinski definition) is 2. The summed E-state index contributed by atoms with van der Waals surface area (Å²) in [5.41, 5.74) is 1.71. The van der Waals surface area contributed by atoms with E-state index in [9.17, 15) is 18.8 Å². The summed E-state index contributed by atoms with van der Waals surface area (Å²) in [7, 11) is 2.81. The molecule has 3 aromatic rings. The first-order chi connectivity index (χ1) is 16.7. The van der Waals surface area contributed by atoms with E-state index in [0.29, 0.717) is 30.7 Å². The van der Waals surface area contributed by atoms with Crippen molar-refractivity contribution in [1.82, 2.24) is 25.1 Å². The molecule has 2 aromatic heterocycles. The van der Waals surface area contributed by atoms with Crippen LogP contribution in [0.1, 0.15) is 46.2 Å². The molecule has 2 amide bonds. The maximum Gasteiger partial charge on any atom is 0.292 e. The number of benzene rings is 1. The van der Waals surface area contributed by atoms with Gasteiger partial charge in [0.05, 0.1) is 12.7 Å². The molecule has 2 atom stereocenters. The van der Waals surface area contributed by atoms with Crippen LogP contribution < -0.4 is 10.1 Å². The van der Waals surface area contributed by atoms with Crippen LogP contribution in [0, 0.1) is 5.82 Å². The van der Waals surface area contributed by atoms with E-state index in [2.05, 4.69) is 27.1 Å². The van der Waals surface area contributed by atoms with Gasteiger partial charge in [-0.3, -0.25) is 19.3 Å². The highest BCUT2D eigenvalue weighted by Crippen LogP contribution is 2.29. The predicted molar refractivity (Wildman–Crippen MR) is 128 cm³/mol. The van der Waals surface area contributed by atoms with Crippen molar-refractivity contribution in [2.45, 2.75) is 25.9 Å². The monoisotopic (exact) mass is 481 g/mol. The van der Waals surface area contributed by atoms with Crippen molar-refractivity contribution in [3.8, 4) is 5.88 Å². The van der Waals surface area contributed by atoms with Crippen molar-refractivity contribution in [3.05, 3.63) is 59.0 Å². The summed E-state index contributed by atoms with van der Waals surface area (Å²) in [4.78, 5) is 49.2. The summed E-state index contributed by atoms with van der Waals surface area (Å²) in [6, 6.07) is 7.98. The minimum atomic E-state index is -0.755. The van der Waals surface area contributed by atoms with Gasteiger partial charge in [0.15, 0.2) is 0 Å². The number of Topliss-reactive ketones (excluding diaryl/α,β-unsaturated/α-hetero) is 1. The lowest BCUT2D eigenvalue weighted by atomic mass is 10.0. The molecule has 184 valence electrons. The van der Waals surface area contributed by atoms with Gasteiger partial charge in [-0.2, -0.15) is 4.98 Å². The SMILES string of the molecule is CNC(=O)C(=O)c1c[nH]c2nc(OC)c(C(=O)N3CCN([C@H](C)c4ccc(F)cc4)CC3C)cc12. The molecule has 0 spiro atoms. The smallest absolute Gasteiger partial charge is 0.292 e. The molecule has 9 nitrogen and oxygen atoms in total. The molecule has 1 aromatic carbocycles. The zero-order valence-corrected chi connectivity index (χ0v) is 20.1. The Morgan fingerprint density at radius 2 is 1.91 bits per heavy atom. The number of nitrogens with zero attached hydrogens (tertiary/aromatic N) is 3. The van der Waals surface area contributed by atoms with Gasteiger partial charge in [0.25, 0.3) is 17.6 Å². The Hall–Kier alpha value is -3.79. The number of halogens is 1. The third-order valence-electron chi connectivity index (χ3n) is 6.55. The van der Waals surface area contributed by atoms with Crippen LogP contribution in [0.25, 0.3) is 11.0 Å². The second kappa shape index (κ2) is 9.83. The largest absolute Gasteiger partial charge is 0.480 e. The number of hydrogen-bond acceptors (Lipinski definition) is 6. The summed E-state index contributed by atoms with van der Waals surface area (Å²) >= 11 is 0. The number of piperazine rings is 1. The average Bonchev–Trinajstić information content (AvgIpc) is 3.29. The fourth-order valence-electron chi connectivity index (χ4n) is 4.51. The molecule has 0 aliphatic carbocycles. The lowest BCUT2D eigenvalue weighted by Crippen LogP contribution is -2.54. The standard InChI is InChI=1S/C25H28FN5O4/c1-14-13-30(15(2)16-5-7-17(26)8-6-16)9-10-31(14)25(34)19-11-18-20(21(32)23(33)27-3)12-28-22(18)29-24(19)35-4/h5-8,11-12,14-15H,9-10,13H2,1-4H3,(H,27,33)(H,28,29)/t14?,15-/m1/s1. The van der Waals surface area contributed by atoms with Gasteiger partial charge in [0.1, 0.15) is 17.0 Å². The number of ketones is 1. The maximum atomic E-state index is 13.6. The minimum absolute atomic E-state index is 0.0704. The molecule has 1 aliphatic rings. The first-order valence-electron chi connectivity index (χ1n) is 11.4. The second-order valence-electron chi connectivity index (χ2n) is 8.62. The van der Waals surface area contributed by atoms with Crippen LogP contribution in [-0.4, -0.2) is 77.2 Å². The lowest BCUT2D eigenvalue weighted by Gasteiger charge is -2.42. The minimum Gasteiger partial charge on any atom is -0.480 e. The Kier molecular flexibility index (Phi) is 6.83. The van der Waals surface area contributed by atoms with Gasteiger partial charge in [-0.1, -0.05) is 12.1 Å². The van der Waals surface area contributed by atoms with Crippen molar-refractivity contribution in [1.29, 1.82) is 0 Å². The predicted octanol–water partition coefficient (Wildman–Crippen LogP) is 2.55. The molecule has 0 radical (unpaired) electrons. The fourth-order valence-corrected chi connectivity index (χ4v) is 4.51. The van der Waals surface area contributed by atoms with Crippen molar-refractivity contribution in [2.24, 2.45) is 0 Å². The van der Waals surface area contributed by atoms with Crippen LogP contribution in [0.15, 0.2) is 36.5 Å². The molecule has 0 saturated carbocycles. The van der Waals surface area contributed by atoms with E-state index in [1.54, 1.807) is 23.1 Å². The Balaban J connectivity index is 1.58. The molecule has 10 heteroatoms. The van der Waals surface area contributed by atoms with Crippen LogP contribution in [0.5, 0.6) is 5.88 Å².